The van der Waals surface area contributed by atoms with Crippen LogP contribution >= 0.6 is 0 Å². The Bertz CT molecular complexity index is 981. The van der Waals surface area contributed by atoms with E-state index < -0.39 is 17.6 Å². The van der Waals surface area contributed by atoms with E-state index in [2.05, 4.69) is 22.2 Å². The van der Waals surface area contributed by atoms with Crippen LogP contribution in [0.3, 0.4) is 0 Å². The minimum atomic E-state index is -0.486. The van der Waals surface area contributed by atoms with E-state index in [4.69, 9.17) is 0 Å². The minimum absolute atomic E-state index is 0.0232. The summed E-state index contributed by atoms with van der Waals surface area (Å²) in [5, 5.41) is 5.28. The van der Waals surface area contributed by atoms with Crippen molar-refractivity contribution in [3.63, 3.8) is 0 Å². The summed E-state index contributed by atoms with van der Waals surface area (Å²) in [7, 11) is 0. The van der Waals surface area contributed by atoms with Crippen LogP contribution in [0.4, 0.5) is 4.39 Å². The normalized spacial score (nSPS) is 10.5. The van der Waals surface area contributed by atoms with Crippen molar-refractivity contribution in [1.29, 1.82) is 0 Å². The third-order valence-corrected chi connectivity index (χ3v) is 3.77. The highest BCUT2D eigenvalue weighted by Gasteiger charge is 2.21. The first-order chi connectivity index (χ1) is 12.6. The molecule has 0 aliphatic rings. The molecule has 0 unspecified atom stereocenters. The van der Waals surface area contributed by atoms with Crippen molar-refractivity contribution < 1.29 is 14.0 Å². The van der Waals surface area contributed by atoms with Gasteiger partial charge in [-0.3, -0.25) is 14.0 Å². The first kappa shape index (κ1) is 17.3. The monoisotopic (exact) mass is 352 g/mol. The second-order valence-corrected chi connectivity index (χ2v) is 5.51. The standard InChI is InChI=1S/C19H17FN4O2/c1-2-10-21-19(26)17-23-16(15-9-5-6-11-24(15)17)18(25)22-12-13-7-3-4-8-14(13)20/h2-9,11H,1,10,12H2,(H,21,26)(H,22,25). The van der Waals surface area contributed by atoms with Gasteiger partial charge in [0.15, 0.2) is 5.69 Å². The smallest absolute Gasteiger partial charge is 0.287 e. The van der Waals surface area contributed by atoms with Crippen molar-refractivity contribution in [3.05, 3.63) is 84.2 Å². The van der Waals surface area contributed by atoms with Gasteiger partial charge in [0.05, 0.1) is 5.52 Å². The first-order valence-corrected chi connectivity index (χ1v) is 7.99. The Kier molecular flexibility index (Phi) is 5.07. The fourth-order valence-electron chi connectivity index (χ4n) is 2.51. The lowest BCUT2D eigenvalue weighted by Crippen LogP contribution is -2.26. The lowest BCUT2D eigenvalue weighted by molar-refractivity contribution is 0.0946. The molecule has 0 bridgehead atoms. The molecule has 132 valence electrons. The summed E-state index contributed by atoms with van der Waals surface area (Å²) in [5.41, 5.74) is 0.960. The quantitative estimate of drug-likeness (QED) is 0.669. The molecule has 0 fully saturated rings. The van der Waals surface area contributed by atoms with E-state index in [1.807, 2.05) is 0 Å². The molecule has 26 heavy (non-hydrogen) atoms. The van der Waals surface area contributed by atoms with Crippen LogP contribution in [0.25, 0.3) is 5.52 Å². The molecular formula is C19H17FN4O2. The number of rotatable bonds is 6. The van der Waals surface area contributed by atoms with Gasteiger partial charge in [0.25, 0.3) is 11.8 Å². The van der Waals surface area contributed by atoms with Gasteiger partial charge < -0.3 is 10.6 Å². The average molecular weight is 352 g/mol. The highest BCUT2D eigenvalue weighted by Crippen LogP contribution is 2.14. The van der Waals surface area contributed by atoms with E-state index in [1.165, 1.54) is 10.5 Å². The zero-order valence-corrected chi connectivity index (χ0v) is 13.9. The molecule has 0 atom stereocenters. The number of fused-ring (bicyclic) bond motifs is 1. The first-order valence-electron chi connectivity index (χ1n) is 7.99. The second kappa shape index (κ2) is 7.60. The van der Waals surface area contributed by atoms with Crippen LogP contribution in [0.1, 0.15) is 26.7 Å². The molecule has 2 amide bonds. The van der Waals surface area contributed by atoms with E-state index >= 15 is 0 Å². The van der Waals surface area contributed by atoms with Crippen LogP contribution in [-0.4, -0.2) is 27.7 Å². The molecule has 1 aromatic carbocycles. The summed E-state index contributed by atoms with van der Waals surface area (Å²) in [6.07, 6.45) is 3.20. The van der Waals surface area contributed by atoms with Crippen LogP contribution in [0, 0.1) is 5.82 Å². The van der Waals surface area contributed by atoms with Crippen LogP contribution in [-0.2, 0) is 6.54 Å². The number of amides is 2. The highest BCUT2D eigenvalue weighted by atomic mass is 19.1. The molecule has 2 heterocycles. The van der Waals surface area contributed by atoms with Gasteiger partial charge >= 0.3 is 0 Å². The summed E-state index contributed by atoms with van der Waals surface area (Å²) < 4.78 is 15.2. The van der Waals surface area contributed by atoms with Crippen molar-refractivity contribution >= 4 is 17.3 Å². The van der Waals surface area contributed by atoms with Gasteiger partial charge in [0.2, 0.25) is 5.82 Å². The Morgan fingerprint density at radius 1 is 1.12 bits per heavy atom. The Morgan fingerprint density at radius 2 is 1.88 bits per heavy atom. The molecule has 3 aromatic rings. The van der Waals surface area contributed by atoms with E-state index in [9.17, 15) is 14.0 Å². The summed E-state index contributed by atoms with van der Waals surface area (Å²) in [6.45, 7) is 3.86. The maximum absolute atomic E-state index is 13.7. The number of halogens is 1. The van der Waals surface area contributed by atoms with Gasteiger partial charge in [0, 0.05) is 24.8 Å². The summed E-state index contributed by atoms with van der Waals surface area (Å²) in [4.78, 5) is 29.0. The van der Waals surface area contributed by atoms with Crippen molar-refractivity contribution in [2.24, 2.45) is 0 Å². The van der Waals surface area contributed by atoms with Gasteiger partial charge in [-0.25, -0.2) is 9.37 Å². The third kappa shape index (κ3) is 3.46. The lowest BCUT2D eigenvalue weighted by Gasteiger charge is -2.05. The molecule has 3 rings (SSSR count). The molecule has 0 aliphatic carbocycles. The predicted octanol–water partition coefficient (Wildman–Crippen LogP) is 2.32. The molecule has 0 aliphatic heterocycles. The lowest BCUT2D eigenvalue weighted by atomic mass is 10.2. The van der Waals surface area contributed by atoms with E-state index in [0.717, 1.165) is 0 Å². The number of carbonyl (C=O) groups is 2. The van der Waals surface area contributed by atoms with Gasteiger partial charge in [-0.1, -0.05) is 30.3 Å². The van der Waals surface area contributed by atoms with Gasteiger partial charge in [-0.05, 0) is 18.2 Å². The molecule has 2 N–H and O–H groups in total. The maximum atomic E-state index is 13.7. The fourth-order valence-corrected chi connectivity index (χ4v) is 2.51. The second-order valence-electron chi connectivity index (χ2n) is 5.51. The van der Waals surface area contributed by atoms with E-state index in [1.54, 1.807) is 48.7 Å². The Hall–Kier alpha value is -3.48. The fraction of sp³-hybridized carbons (Fsp3) is 0.105. The van der Waals surface area contributed by atoms with Crippen molar-refractivity contribution in [2.45, 2.75) is 6.54 Å². The molecule has 2 aromatic heterocycles. The van der Waals surface area contributed by atoms with Crippen molar-refractivity contribution in [1.82, 2.24) is 20.0 Å². The third-order valence-electron chi connectivity index (χ3n) is 3.77. The largest absolute Gasteiger partial charge is 0.346 e. The SMILES string of the molecule is C=CCNC(=O)c1nc(C(=O)NCc2ccccc2F)c2ccccn12. The summed E-state index contributed by atoms with van der Waals surface area (Å²) in [6, 6.07) is 11.4. The number of aromatic nitrogens is 2. The molecule has 7 heteroatoms. The van der Waals surface area contributed by atoms with E-state index in [0.29, 0.717) is 11.1 Å². The van der Waals surface area contributed by atoms with Gasteiger partial charge in [-0.2, -0.15) is 0 Å². The molecule has 0 radical (unpaired) electrons. The van der Waals surface area contributed by atoms with E-state index in [-0.39, 0.29) is 24.6 Å². The number of benzene rings is 1. The topological polar surface area (TPSA) is 75.5 Å². The van der Waals surface area contributed by atoms with Crippen molar-refractivity contribution in [2.75, 3.05) is 6.54 Å². The van der Waals surface area contributed by atoms with Gasteiger partial charge in [0.1, 0.15) is 5.82 Å². The summed E-state index contributed by atoms with van der Waals surface area (Å²) in [5.74, 6) is -1.20. The molecule has 6 nitrogen and oxygen atoms in total. The Balaban J connectivity index is 1.87. The zero-order chi connectivity index (χ0) is 18.5. The van der Waals surface area contributed by atoms with Gasteiger partial charge in [-0.15, -0.1) is 6.58 Å². The summed E-state index contributed by atoms with van der Waals surface area (Å²) >= 11 is 0. The van der Waals surface area contributed by atoms with Crippen LogP contribution < -0.4 is 10.6 Å². The van der Waals surface area contributed by atoms with Crippen LogP contribution in [0.15, 0.2) is 61.3 Å². The number of nitrogens with zero attached hydrogens (tertiary/aromatic N) is 2. The number of carbonyl (C=O) groups excluding carboxylic acids is 2. The maximum Gasteiger partial charge on any atom is 0.287 e. The number of nitrogens with one attached hydrogen (secondary N) is 2. The van der Waals surface area contributed by atoms with Crippen LogP contribution in [0.5, 0.6) is 0 Å². The van der Waals surface area contributed by atoms with Crippen LogP contribution in [0.2, 0.25) is 0 Å². The Labute approximate surface area is 149 Å². The molecule has 0 saturated heterocycles. The number of pyridine rings is 1. The molecular weight excluding hydrogens is 335 g/mol. The number of hydrogen-bond acceptors (Lipinski definition) is 3. The minimum Gasteiger partial charge on any atom is -0.346 e. The highest BCUT2D eigenvalue weighted by molar-refractivity contribution is 6.02. The number of hydrogen-bond donors (Lipinski definition) is 2. The van der Waals surface area contributed by atoms with Crippen molar-refractivity contribution in [3.8, 4) is 0 Å². The number of imidazole rings is 1. The zero-order valence-electron chi connectivity index (χ0n) is 13.9. The Morgan fingerprint density at radius 3 is 2.65 bits per heavy atom. The average Bonchev–Trinajstić information content (AvgIpc) is 3.05. The molecule has 0 spiro atoms. The predicted molar refractivity (Wildman–Crippen MR) is 95.3 cm³/mol. The molecule has 0 saturated carbocycles.